The Morgan fingerprint density at radius 2 is 1.95 bits per heavy atom. The largest absolute Gasteiger partial charge is 0.302 e. The van der Waals surface area contributed by atoms with Crippen molar-refractivity contribution in [3.05, 3.63) is 41.6 Å². The summed E-state index contributed by atoms with van der Waals surface area (Å²) in [5, 5.41) is 1.30. The van der Waals surface area contributed by atoms with Crippen LogP contribution in [0.4, 0.5) is 0 Å². The Morgan fingerprint density at radius 3 is 2.77 bits per heavy atom. The molecule has 0 unspecified atom stereocenters. The number of aromatic nitrogens is 1. The van der Waals surface area contributed by atoms with E-state index in [0.717, 1.165) is 18.6 Å². The second kappa shape index (κ2) is 7.21. The van der Waals surface area contributed by atoms with Gasteiger partial charge in [-0.3, -0.25) is 4.98 Å². The number of aryl methyl sites for hydroxylation is 1. The number of piperidine rings is 1. The van der Waals surface area contributed by atoms with Gasteiger partial charge in [0.1, 0.15) is 0 Å². The molecule has 2 heterocycles. The van der Waals surface area contributed by atoms with E-state index in [2.05, 4.69) is 47.0 Å². The van der Waals surface area contributed by atoms with Gasteiger partial charge in [0.15, 0.2) is 0 Å². The van der Waals surface area contributed by atoms with Gasteiger partial charge < -0.3 is 9.80 Å². The van der Waals surface area contributed by atoms with Crippen molar-refractivity contribution in [2.24, 2.45) is 0 Å². The van der Waals surface area contributed by atoms with Gasteiger partial charge in [0.2, 0.25) is 0 Å². The molecule has 118 valence electrons. The maximum Gasteiger partial charge on any atom is 0.0705 e. The highest BCUT2D eigenvalue weighted by Gasteiger charge is 2.12. The van der Waals surface area contributed by atoms with Crippen LogP contribution in [0.2, 0.25) is 0 Å². The molecule has 1 aromatic heterocycles. The second-order valence-electron chi connectivity index (χ2n) is 6.57. The van der Waals surface area contributed by atoms with E-state index in [9.17, 15) is 0 Å². The van der Waals surface area contributed by atoms with Gasteiger partial charge in [-0.1, -0.05) is 18.6 Å². The Hall–Kier alpha value is -1.45. The molecule has 1 aromatic carbocycles. The molecule has 0 atom stereocenters. The van der Waals surface area contributed by atoms with E-state index in [1.165, 1.54) is 55.4 Å². The number of likely N-dealkylation sites (N-methyl/N-ethyl adjacent to an activating group) is 1. The first kappa shape index (κ1) is 15.4. The third-order valence-corrected chi connectivity index (χ3v) is 4.81. The fraction of sp³-hybridized carbons (Fsp3) is 0.526. The summed E-state index contributed by atoms with van der Waals surface area (Å²) >= 11 is 0. The number of fused-ring (bicyclic) bond motifs is 1. The van der Waals surface area contributed by atoms with E-state index >= 15 is 0 Å². The quantitative estimate of drug-likeness (QED) is 0.842. The lowest BCUT2D eigenvalue weighted by Gasteiger charge is -2.28. The highest BCUT2D eigenvalue weighted by atomic mass is 15.2. The molecule has 0 saturated carbocycles. The number of rotatable bonds is 5. The maximum atomic E-state index is 4.48. The first-order valence-electron chi connectivity index (χ1n) is 8.48. The molecule has 1 fully saturated rings. The van der Waals surface area contributed by atoms with Gasteiger partial charge in [0.25, 0.3) is 0 Å². The topological polar surface area (TPSA) is 19.4 Å². The SMILES string of the molecule is Cc1ccc2ncccc2c1CN(C)CCN1CCCCC1. The lowest BCUT2D eigenvalue weighted by Crippen LogP contribution is -2.36. The van der Waals surface area contributed by atoms with Crippen molar-refractivity contribution < 1.29 is 0 Å². The third-order valence-electron chi connectivity index (χ3n) is 4.81. The van der Waals surface area contributed by atoms with Crippen molar-refractivity contribution in [2.75, 3.05) is 33.2 Å². The summed E-state index contributed by atoms with van der Waals surface area (Å²) in [6.07, 6.45) is 6.03. The summed E-state index contributed by atoms with van der Waals surface area (Å²) in [5.74, 6) is 0. The van der Waals surface area contributed by atoms with E-state index in [1.807, 2.05) is 12.3 Å². The number of hydrogen-bond acceptors (Lipinski definition) is 3. The predicted octanol–water partition coefficient (Wildman–Crippen LogP) is 3.46. The van der Waals surface area contributed by atoms with Crippen LogP contribution in [0.25, 0.3) is 10.9 Å². The zero-order chi connectivity index (χ0) is 15.4. The minimum Gasteiger partial charge on any atom is -0.302 e. The molecule has 0 bridgehead atoms. The van der Waals surface area contributed by atoms with Crippen LogP contribution in [0.5, 0.6) is 0 Å². The molecular formula is C19H27N3. The Kier molecular flexibility index (Phi) is 5.06. The normalized spacial score (nSPS) is 16.5. The molecule has 1 aliphatic rings. The Bertz CT molecular complexity index is 617. The average Bonchev–Trinajstić information content (AvgIpc) is 2.56. The molecule has 1 aliphatic heterocycles. The van der Waals surface area contributed by atoms with Gasteiger partial charge in [0.05, 0.1) is 5.52 Å². The number of likely N-dealkylation sites (tertiary alicyclic amines) is 1. The van der Waals surface area contributed by atoms with Crippen molar-refractivity contribution in [2.45, 2.75) is 32.7 Å². The highest BCUT2D eigenvalue weighted by molar-refractivity contribution is 5.83. The first-order chi connectivity index (χ1) is 10.7. The average molecular weight is 297 g/mol. The van der Waals surface area contributed by atoms with Crippen molar-refractivity contribution in [1.29, 1.82) is 0 Å². The van der Waals surface area contributed by atoms with Crippen molar-refractivity contribution >= 4 is 10.9 Å². The maximum absolute atomic E-state index is 4.48. The Labute approximate surface area is 133 Å². The zero-order valence-electron chi connectivity index (χ0n) is 13.9. The van der Waals surface area contributed by atoms with Gasteiger partial charge >= 0.3 is 0 Å². The van der Waals surface area contributed by atoms with Crippen molar-refractivity contribution in [3.63, 3.8) is 0 Å². The van der Waals surface area contributed by atoms with Gasteiger partial charge in [-0.2, -0.15) is 0 Å². The Balaban J connectivity index is 1.65. The Morgan fingerprint density at radius 1 is 1.14 bits per heavy atom. The van der Waals surface area contributed by atoms with E-state index in [0.29, 0.717) is 0 Å². The van der Waals surface area contributed by atoms with Crippen LogP contribution in [0.3, 0.4) is 0 Å². The molecule has 0 spiro atoms. The van der Waals surface area contributed by atoms with Crippen LogP contribution < -0.4 is 0 Å². The van der Waals surface area contributed by atoms with E-state index in [4.69, 9.17) is 0 Å². The minimum atomic E-state index is 1.00. The van der Waals surface area contributed by atoms with Gasteiger partial charge in [0, 0.05) is 31.2 Å². The molecule has 22 heavy (non-hydrogen) atoms. The molecular weight excluding hydrogens is 270 g/mol. The third kappa shape index (κ3) is 3.65. The fourth-order valence-corrected chi connectivity index (χ4v) is 3.38. The van der Waals surface area contributed by atoms with Crippen molar-refractivity contribution in [3.8, 4) is 0 Å². The molecule has 3 nitrogen and oxygen atoms in total. The van der Waals surface area contributed by atoms with Crippen molar-refractivity contribution in [1.82, 2.24) is 14.8 Å². The molecule has 2 aromatic rings. The summed E-state index contributed by atoms with van der Waals surface area (Å²) in [5.41, 5.74) is 3.89. The zero-order valence-corrected chi connectivity index (χ0v) is 13.9. The highest BCUT2D eigenvalue weighted by Crippen LogP contribution is 2.21. The van der Waals surface area contributed by atoms with Crippen LogP contribution in [0, 0.1) is 6.92 Å². The molecule has 0 N–H and O–H groups in total. The summed E-state index contributed by atoms with van der Waals surface area (Å²) in [4.78, 5) is 9.54. The van der Waals surface area contributed by atoms with E-state index in [-0.39, 0.29) is 0 Å². The van der Waals surface area contributed by atoms with E-state index in [1.54, 1.807) is 0 Å². The van der Waals surface area contributed by atoms with E-state index < -0.39 is 0 Å². The molecule has 0 amide bonds. The predicted molar refractivity (Wildman–Crippen MR) is 93.1 cm³/mol. The fourth-order valence-electron chi connectivity index (χ4n) is 3.38. The van der Waals surface area contributed by atoms with Crippen LogP contribution >= 0.6 is 0 Å². The van der Waals surface area contributed by atoms with Crippen LogP contribution in [0.15, 0.2) is 30.5 Å². The minimum absolute atomic E-state index is 1.00. The van der Waals surface area contributed by atoms with Crippen LogP contribution in [-0.4, -0.2) is 48.0 Å². The second-order valence-corrected chi connectivity index (χ2v) is 6.57. The first-order valence-corrected chi connectivity index (χ1v) is 8.48. The van der Waals surface area contributed by atoms with Gasteiger partial charge in [-0.25, -0.2) is 0 Å². The summed E-state index contributed by atoms with van der Waals surface area (Å²) in [6, 6.07) is 8.56. The monoisotopic (exact) mass is 297 g/mol. The summed E-state index contributed by atoms with van der Waals surface area (Å²) in [7, 11) is 2.23. The molecule has 3 rings (SSSR count). The molecule has 0 radical (unpaired) electrons. The summed E-state index contributed by atoms with van der Waals surface area (Å²) in [6.45, 7) is 8.10. The number of benzene rings is 1. The smallest absolute Gasteiger partial charge is 0.0705 e. The molecule has 0 aliphatic carbocycles. The number of pyridine rings is 1. The van der Waals surface area contributed by atoms with Gasteiger partial charge in [-0.05, 0) is 63.2 Å². The molecule has 1 saturated heterocycles. The standard InChI is InChI=1S/C19H27N3/c1-16-8-9-19-17(7-6-10-20-19)18(16)15-21(2)13-14-22-11-4-3-5-12-22/h6-10H,3-5,11-15H2,1-2H3. The lowest BCUT2D eigenvalue weighted by atomic mass is 10.0. The van der Waals surface area contributed by atoms with Crippen LogP contribution in [-0.2, 0) is 6.54 Å². The molecule has 3 heteroatoms. The van der Waals surface area contributed by atoms with Crippen LogP contribution in [0.1, 0.15) is 30.4 Å². The lowest BCUT2D eigenvalue weighted by molar-refractivity contribution is 0.194. The van der Waals surface area contributed by atoms with Gasteiger partial charge in [-0.15, -0.1) is 0 Å². The number of hydrogen-bond donors (Lipinski definition) is 0. The number of nitrogens with zero attached hydrogens (tertiary/aromatic N) is 3. The summed E-state index contributed by atoms with van der Waals surface area (Å²) < 4.78 is 0.